The van der Waals surface area contributed by atoms with Crippen LogP contribution in [0.5, 0.6) is 11.5 Å². The van der Waals surface area contributed by atoms with E-state index in [1.165, 1.54) is 24.5 Å². The molecule has 9 nitrogen and oxygen atoms in total. The SMILES string of the molecule is COc1ccc(-c2coc3cc(O[C@@H]4O[C@H](CO)[C@@H](O)[C@H](O)[C@H]4O)ccc3c2=O)cc1. The van der Waals surface area contributed by atoms with Crippen molar-refractivity contribution in [1.29, 1.82) is 0 Å². The minimum absolute atomic E-state index is 0.206. The standard InChI is InChI=1S/C22H22O9/c1-28-12-4-2-11(3-5-12)15-10-29-16-8-13(6-7-14(16)18(15)24)30-22-21(27)20(26)19(25)17(9-23)31-22/h2-8,10,17,19-23,25-27H,9H2,1H3/t17-,19-,20+,21-,22-/m1/s1. The number of fused-ring (bicyclic) bond motifs is 1. The molecule has 1 fully saturated rings. The molecule has 1 saturated heterocycles. The van der Waals surface area contributed by atoms with Gasteiger partial charge in [0.2, 0.25) is 6.29 Å². The molecule has 31 heavy (non-hydrogen) atoms. The Labute approximate surface area is 176 Å². The van der Waals surface area contributed by atoms with Crippen LogP contribution in [-0.2, 0) is 4.74 Å². The predicted molar refractivity (Wildman–Crippen MR) is 109 cm³/mol. The lowest BCUT2D eigenvalue weighted by Crippen LogP contribution is -2.60. The molecule has 4 N–H and O–H groups in total. The first-order chi connectivity index (χ1) is 14.9. The van der Waals surface area contributed by atoms with Crippen molar-refractivity contribution in [3.05, 3.63) is 59.0 Å². The highest BCUT2D eigenvalue weighted by molar-refractivity contribution is 5.82. The number of benzene rings is 2. The number of rotatable bonds is 5. The minimum atomic E-state index is -1.55. The first kappa shape index (κ1) is 21.3. The molecule has 4 rings (SSSR count). The van der Waals surface area contributed by atoms with Crippen molar-refractivity contribution in [2.45, 2.75) is 30.7 Å². The van der Waals surface area contributed by atoms with E-state index >= 15 is 0 Å². The van der Waals surface area contributed by atoms with Gasteiger partial charge in [-0.15, -0.1) is 0 Å². The van der Waals surface area contributed by atoms with Crippen LogP contribution >= 0.6 is 0 Å². The van der Waals surface area contributed by atoms with Gasteiger partial charge in [0.05, 0.1) is 24.7 Å². The zero-order valence-corrected chi connectivity index (χ0v) is 16.5. The van der Waals surface area contributed by atoms with Crippen molar-refractivity contribution < 1.29 is 39.1 Å². The van der Waals surface area contributed by atoms with Crippen LogP contribution in [0.2, 0.25) is 0 Å². The van der Waals surface area contributed by atoms with Gasteiger partial charge in [-0.3, -0.25) is 4.79 Å². The lowest BCUT2D eigenvalue weighted by atomic mass is 9.99. The molecule has 0 unspecified atom stereocenters. The monoisotopic (exact) mass is 430 g/mol. The van der Waals surface area contributed by atoms with Gasteiger partial charge in [-0.1, -0.05) is 12.1 Å². The van der Waals surface area contributed by atoms with E-state index in [9.17, 15) is 25.2 Å². The number of hydrogen-bond acceptors (Lipinski definition) is 9. The van der Waals surface area contributed by atoms with Crippen molar-refractivity contribution in [3.63, 3.8) is 0 Å². The van der Waals surface area contributed by atoms with Crippen molar-refractivity contribution in [3.8, 4) is 22.6 Å². The summed E-state index contributed by atoms with van der Waals surface area (Å²) in [6, 6.07) is 11.5. The van der Waals surface area contributed by atoms with Crippen LogP contribution < -0.4 is 14.9 Å². The molecule has 164 valence electrons. The molecule has 0 saturated carbocycles. The van der Waals surface area contributed by atoms with Gasteiger partial charge in [-0.2, -0.15) is 0 Å². The molecule has 0 bridgehead atoms. The number of aliphatic hydroxyl groups excluding tert-OH is 4. The molecular weight excluding hydrogens is 408 g/mol. The fourth-order valence-electron chi connectivity index (χ4n) is 3.45. The van der Waals surface area contributed by atoms with E-state index in [0.717, 1.165) is 0 Å². The zero-order chi connectivity index (χ0) is 22.1. The fourth-order valence-corrected chi connectivity index (χ4v) is 3.45. The maximum Gasteiger partial charge on any atom is 0.229 e. The van der Waals surface area contributed by atoms with Gasteiger partial charge in [0.15, 0.2) is 5.43 Å². The Morgan fingerprint density at radius 2 is 1.68 bits per heavy atom. The van der Waals surface area contributed by atoms with Gasteiger partial charge < -0.3 is 39.1 Å². The van der Waals surface area contributed by atoms with E-state index in [2.05, 4.69) is 0 Å². The number of aliphatic hydroxyl groups is 4. The Hall–Kier alpha value is -2.95. The average Bonchev–Trinajstić information content (AvgIpc) is 2.80. The van der Waals surface area contributed by atoms with Crippen LogP contribution in [0.1, 0.15) is 0 Å². The van der Waals surface area contributed by atoms with Crippen LogP contribution in [0.4, 0.5) is 0 Å². The second kappa shape index (κ2) is 8.66. The highest BCUT2D eigenvalue weighted by atomic mass is 16.7. The Kier molecular flexibility index (Phi) is 5.94. The van der Waals surface area contributed by atoms with Gasteiger partial charge in [0, 0.05) is 6.07 Å². The summed E-state index contributed by atoms with van der Waals surface area (Å²) in [5.74, 6) is 0.876. The molecule has 3 aromatic rings. The van der Waals surface area contributed by atoms with E-state index in [1.54, 1.807) is 31.4 Å². The Morgan fingerprint density at radius 3 is 2.35 bits per heavy atom. The lowest BCUT2D eigenvalue weighted by molar-refractivity contribution is -0.277. The van der Waals surface area contributed by atoms with Crippen molar-refractivity contribution >= 4 is 11.0 Å². The maximum atomic E-state index is 12.9. The molecule has 5 atom stereocenters. The molecule has 0 aliphatic carbocycles. The first-order valence-corrected chi connectivity index (χ1v) is 9.60. The number of methoxy groups -OCH3 is 1. The Balaban J connectivity index is 1.61. The van der Waals surface area contributed by atoms with Gasteiger partial charge in [-0.05, 0) is 29.8 Å². The normalized spacial score (nSPS) is 26.0. The quantitative estimate of drug-likeness (QED) is 0.459. The third-order valence-corrected chi connectivity index (χ3v) is 5.25. The van der Waals surface area contributed by atoms with E-state index in [1.807, 2.05) is 0 Å². The molecule has 0 spiro atoms. The summed E-state index contributed by atoms with van der Waals surface area (Å²) in [4.78, 5) is 12.9. The molecule has 2 heterocycles. The molecule has 1 aromatic heterocycles. The summed E-state index contributed by atoms with van der Waals surface area (Å²) >= 11 is 0. The average molecular weight is 430 g/mol. The summed E-state index contributed by atoms with van der Waals surface area (Å²) in [7, 11) is 1.56. The molecule has 1 aliphatic heterocycles. The lowest BCUT2D eigenvalue weighted by Gasteiger charge is -2.39. The Bertz CT molecular complexity index is 1110. The van der Waals surface area contributed by atoms with Crippen LogP contribution in [0.15, 0.2) is 57.9 Å². The molecule has 0 amide bonds. The van der Waals surface area contributed by atoms with Crippen LogP contribution in [0.25, 0.3) is 22.1 Å². The van der Waals surface area contributed by atoms with Crippen LogP contribution in [0.3, 0.4) is 0 Å². The van der Waals surface area contributed by atoms with Gasteiger partial charge in [0.1, 0.15) is 47.8 Å². The van der Waals surface area contributed by atoms with Gasteiger partial charge in [-0.25, -0.2) is 0 Å². The van der Waals surface area contributed by atoms with Gasteiger partial charge in [0.25, 0.3) is 0 Å². The third-order valence-electron chi connectivity index (χ3n) is 5.25. The fraction of sp³-hybridized carbons (Fsp3) is 0.318. The Morgan fingerprint density at radius 1 is 0.968 bits per heavy atom. The molecule has 0 radical (unpaired) electrons. The minimum Gasteiger partial charge on any atom is -0.497 e. The molecule has 2 aromatic carbocycles. The summed E-state index contributed by atoms with van der Waals surface area (Å²) < 4.78 is 21.7. The van der Waals surface area contributed by atoms with E-state index in [-0.39, 0.29) is 16.8 Å². The van der Waals surface area contributed by atoms with Crippen molar-refractivity contribution in [2.75, 3.05) is 13.7 Å². The first-order valence-electron chi connectivity index (χ1n) is 9.60. The summed E-state index contributed by atoms with van der Waals surface area (Å²) in [6.45, 7) is -0.564. The summed E-state index contributed by atoms with van der Waals surface area (Å²) in [5.41, 5.74) is 1.09. The summed E-state index contributed by atoms with van der Waals surface area (Å²) in [6.07, 6.45) is -5.65. The third kappa shape index (κ3) is 4.01. The molecular formula is C22H22O9. The van der Waals surface area contributed by atoms with Crippen LogP contribution in [-0.4, -0.2) is 64.8 Å². The highest BCUT2D eigenvalue weighted by Gasteiger charge is 2.44. The second-order valence-corrected chi connectivity index (χ2v) is 7.18. The zero-order valence-electron chi connectivity index (χ0n) is 16.5. The van der Waals surface area contributed by atoms with Crippen LogP contribution in [0, 0.1) is 0 Å². The number of hydrogen-bond donors (Lipinski definition) is 4. The largest absolute Gasteiger partial charge is 0.497 e. The summed E-state index contributed by atoms with van der Waals surface area (Å²) in [5, 5.41) is 39.5. The molecule has 1 aliphatic rings. The predicted octanol–water partition coefficient (Wildman–Crippen LogP) is 0.647. The second-order valence-electron chi connectivity index (χ2n) is 7.18. The van der Waals surface area contributed by atoms with E-state index in [4.69, 9.17) is 18.6 Å². The smallest absolute Gasteiger partial charge is 0.229 e. The van der Waals surface area contributed by atoms with Crippen molar-refractivity contribution in [2.24, 2.45) is 0 Å². The van der Waals surface area contributed by atoms with Gasteiger partial charge >= 0.3 is 0 Å². The number of ether oxygens (including phenoxy) is 3. The van der Waals surface area contributed by atoms with E-state index < -0.39 is 37.3 Å². The van der Waals surface area contributed by atoms with Crippen molar-refractivity contribution in [1.82, 2.24) is 0 Å². The molecule has 9 heteroatoms. The topological polar surface area (TPSA) is 139 Å². The highest BCUT2D eigenvalue weighted by Crippen LogP contribution is 2.28. The maximum absolute atomic E-state index is 12.9. The van der Waals surface area contributed by atoms with E-state index in [0.29, 0.717) is 22.3 Å².